The summed E-state index contributed by atoms with van der Waals surface area (Å²) in [5, 5.41) is 3.10. The van der Waals surface area contributed by atoms with E-state index in [1.807, 2.05) is 0 Å². The van der Waals surface area contributed by atoms with Crippen LogP contribution in [0.5, 0.6) is 5.75 Å². The van der Waals surface area contributed by atoms with Crippen LogP contribution in [-0.2, 0) is 6.18 Å². The third kappa shape index (κ3) is 3.13. The predicted molar refractivity (Wildman–Crippen MR) is 117 cm³/mol. The second-order valence-corrected chi connectivity index (χ2v) is 8.44. The average molecular weight is 459 g/mol. The van der Waals surface area contributed by atoms with E-state index in [1.165, 1.54) is 24.3 Å². The molecule has 170 valence electrons. The summed E-state index contributed by atoms with van der Waals surface area (Å²) >= 11 is 0. The fraction of sp³-hybridized carbons (Fsp3) is 0.250. The monoisotopic (exact) mass is 459 g/mol. The van der Waals surface area contributed by atoms with Crippen molar-refractivity contribution < 1.29 is 26.7 Å². The molecule has 1 unspecified atom stereocenters. The van der Waals surface area contributed by atoms with Gasteiger partial charge in [0.1, 0.15) is 18.2 Å². The van der Waals surface area contributed by atoms with E-state index < -0.39 is 23.4 Å². The number of nitrogens with one attached hydrogen (secondary N) is 3. The number of benzene rings is 3. The molecule has 2 aromatic heterocycles. The zero-order valence-corrected chi connectivity index (χ0v) is 17.2. The van der Waals surface area contributed by atoms with Crippen LogP contribution in [0.3, 0.4) is 0 Å². The van der Waals surface area contributed by atoms with Crippen molar-refractivity contribution in [3.8, 4) is 5.75 Å². The molecule has 0 aliphatic carbocycles. The second-order valence-electron chi connectivity index (χ2n) is 8.44. The Morgan fingerprint density at radius 1 is 0.879 bits per heavy atom. The van der Waals surface area contributed by atoms with Crippen molar-refractivity contribution >= 4 is 43.6 Å². The first kappa shape index (κ1) is 20.3. The molecule has 1 atom stereocenters. The smallest absolute Gasteiger partial charge is 0.417 e. The predicted octanol–water partition coefficient (Wildman–Crippen LogP) is 6.38. The first-order valence-corrected chi connectivity index (χ1v) is 10.6. The minimum atomic E-state index is -4.79. The molecule has 33 heavy (non-hydrogen) atoms. The van der Waals surface area contributed by atoms with Gasteiger partial charge in [0, 0.05) is 38.6 Å². The summed E-state index contributed by atoms with van der Waals surface area (Å²) < 4.78 is 78.0. The Hall–Kier alpha value is -3.33. The molecule has 0 amide bonds. The molecule has 3 N–H and O–H groups in total. The van der Waals surface area contributed by atoms with E-state index in [0.29, 0.717) is 11.0 Å². The van der Waals surface area contributed by atoms with E-state index in [0.717, 1.165) is 31.5 Å². The summed E-state index contributed by atoms with van der Waals surface area (Å²) in [5.41, 5.74) is 0.00111. The van der Waals surface area contributed by atoms with Crippen LogP contribution in [0.1, 0.15) is 18.4 Å². The molecule has 1 aliphatic rings. The number of aromatic amines is 2. The Morgan fingerprint density at radius 2 is 1.45 bits per heavy atom. The Kier molecular flexibility index (Phi) is 4.35. The van der Waals surface area contributed by atoms with E-state index in [4.69, 9.17) is 4.74 Å². The largest absolute Gasteiger partial charge is 0.488 e. The van der Waals surface area contributed by atoms with Gasteiger partial charge < -0.3 is 20.0 Å². The van der Waals surface area contributed by atoms with Gasteiger partial charge in [-0.1, -0.05) is 0 Å². The zero-order chi connectivity index (χ0) is 22.9. The molecular formula is C24H18F5N3O. The Morgan fingerprint density at radius 3 is 1.94 bits per heavy atom. The maximum absolute atomic E-state index is 14.6. The number of halogens is 5. The normalized spacial score (nSPS) is 17.2. The maximum Gasteiger partial charge on any atom is 0.417 e. The molecular weight excluding hydrogens is 441 g/mol. The number of hydrogen-bond donors (Lipinski definition) is 3. The van der Waals surface area contributed by atoms with Crippen LogP contribution in [0.4, 0.5) is 22.0 Å². The summed E-state index contributed by atoms with van der Waals surface area (Å²) in [6.45, 7) is 1.10. The molecule has 0 radical (unpaired) electrons. The van der Waals surface area contributed by atoms with Crippen LogP contribution >= 0.6 is 0 Å². The quantitative estimate of drug-likeness (QED) is 0.274. The first-order valence-electron chi connectivity index (χ1n) is 10.6. The summed E-state index contributed by atoms with van der Waals surface area (Å²) in [4.78, 5) is 6.01. The van der Waals surface area contributed by atoms with Gasteiger partial charge in [-0.25, -0.2) is 8.78 Å². The van der Waals surface area contributed by atoms with Crippen molar-refractivity contribution in [1.29, 1.82) is 0 Å². The van der Waals surface area contributed by atoms with E-state index in [2.05, 4.69) is 15.3 Å². The number of fused-ring (bicyclic) bond motifs is 6. The molecule has 3 heterocycles. The van der Waals surface area contributed by atoms with Crippen molar-refractivity contribution in [1.82, 2.24) is 15.3 Å². The van der Waals surface area contributed by atoms with Crippen LogP contribution in [0.15, 0.2) is 36.4 Å². The summed E-state index contributed by atoms with van der Waals surface area (Å²) in [6, 6.07) is 7.40. The van der Waals surface area contributed by atoms with Crippen LogP contribution < -0.4 is 10.1 Å². The van der Waals surface area contributed by atoms with Crippen molar-refractivity contribution in [2.75, 3.05) is 13.2 Å². The molecule has 5 aromatic rings. The third-order valence-electron chi connectivity index (χ3n) is 6.35. The number of ether oxygens (including phenoxy) is 1. The molecule has 0 bridgehead atoms. The number of hydrogen-bond acceptors (Lipinski definition) is 2. The third-order valence-corrected chi connectivity index (χ3v) is 6.35. The van der Waals surface area contributed by atoms with E-state index >= 15 is 0 Å². The van der Waals surface area contributed by atoms with Gasteiger partial charge in [-0.15, -0.1) is 0 Å². The molecule has 9 heteroatoms. The highest BCUT2D eigenvalue weighted by molar-refractivity contribution is 6.23. The van der Waals surface area contributed by atoms with Crippen LogP contribution in [0.2, 0.25) is 0 Å². The van der Waals surface area contributed by atoms with Crippen molar-refractivity contribution in [2.24, 2.45) is 0 Å². The lowest BCUT2D eigenvalue weighted by Gasteiger charge is -2.17. The molecule has 0 spiro atoms. The number of rotatable bonds is 3. The zero-order valence-electron chi connectivity index (χ0n) is 17.2. The fourth-order valence-corrected chi connectivity index (χ4v) is 4.95. The van der Waals surface area contributed by atoms with Crippen LogP contribution in [0, 0.1) is 11.6 Å². The van der Waals surface area contributed by atoms with Crippen LogP contribution in [0.25, 0.3) is 43.6 Å². The molecule has 1 fully saturated rings. The van der Waals surface area contributed by atoms with Gasteiger partial charge in [0.2, 0.25) is 0 Å². The summed E-state index contributed by atoms with van der Waals surface area (Å²) in [7, 11) is 0. The fourth-order valence-electron chi connectivity index (χ4n) is 4.95. The standard InChI is InChI=1S/C24H18F5N3O/c25-11-3-5-16-14(8-11)18-20(24(27,28)29)19-15-9-12(26)4-6-17(15)32-22(19)23(21(18)31-16)33-10-13-2-1-7-30-13/h3-6,8-9,13,30-32H,1-2,7,10H2. The molecule has 6 rings (SSSR count). The SMILES string of the molecule is Fc1ccc2[nH]c3c(OCC4CCCN4)c4[nH]c5ccc(F)cc5c4c(C(F)(F)F)c3c2c1. The van der Waals surface area contributed by atoms with Crippen LogP contribution in [-0.4, -0.2) is 29.2 Å². The number of alkyl halides is 3. The molecule has 4 nitrogen and oxygen atoms in total. The lowest BCUT2D eigenvalue weighted by molar-refractivity contribution is -0.134. The van der Waals surface area contributed by atoms with Gasteiger partial charge in [0.05, 0.1) is 16.6 Å². The number of H-pyrrole nitrogens is 2. The summed E-state index contributed by atoms with van der Waals surface area (Å²) in [6.07, 6.45) is -2.91. The molecule has 1 saturated heterocycles. The molecule has 0 saturated carbocycles. The number of aromatic nitrogens is 2. The van der Waals surface area contributed by atoms with Gasteiger partial charge in [-0.2, -0.15) is 13.2 Å². The Labute approximate surface area is 183 Å². The van der Waals surface area contributed by atoms with Gasteiger partial charge in [0.15, 0.2) is 5.75 Å². The van der Waals surface area contributed by atoms with Crippen molar-refractivity contribution in [3.63, 3.8) is 0 Å². The lowest BCUT2D eigenvalue weighted by atomic mass is 9.98. The summed E-state index contributed by atoms with van der Waals surface area (Å²) in [5.74, 6) is -1.10. The van der Waals surface area contributed by atoms with Crippen molar-refractivity contribution in [3.05, 3.63) is 53.6 Å². The first-order chi connectivity index (χ1) is 15.8. The highest BCUT2D eigenvalue weighted by Crippen LogP contribution is 2.49. The average Bonchev–Trinajstić information content (AvgIpc) is 3.48. The Bertz CT molecular complexity index is 1450. The highest BCUT2D eigenvalue weighted by Gasteiger charge is 2.39. The topological polar surface area (TPSA) is 52.8 Å². The highest BCUT2D eigenvalue weighted by atomic mass is 19.4. The maximum atomic E-state index is 14.6. The second kappa shape index (κ2) is 7.08. The van der Waals surface area contributed by atoms with Gasteiger partial charge in [0.25, 0.3) is 0 Å². The van der Waals surface area contributed by atoms with Gasteiger partial charge >= 0.3 is 6.18 Å². The van der Waals surface area contributed by atoms with Gasteiger partial charge in [-0.05, 0) is 55.8 Å². The minimum absolute atomic E-state index is 0.0704. The molecule has 1 aliphatic heterocycles. The lowest BCUT2D eigenvalue weighted by Crippen LogP contribution is -2.28. The van der Waals surface area contributed by atoms with Crippen molar-refractivity contribution in [2.45, 2.75) is 25.1 Å². The van der Waals surface area contributed by atoms with E-state index in [1.54, 1.807) is 0 Å². The van der Waals surface area contributed by atoms with Gasteiger partial charge in [-0.3, -0.25) is 0 Å². The Balaban J connectivity index is 1.78. The minimum Gasteiger partial charge on any atom is -0.488 e. The van der Waals surface area contributed by atoms with E-state index in [-0.39, 0.29) is 51.0 Å². The van der Waals surface area contributed by atoms with E-state index in [9.17, 15) is 22.0 Å². The molecule has 3 aromatic carbocycles.